The first-order valence-corrected chi connectivity index (χ1v) is 10.4. The van der Waals surface area contributed by atoms with Gasteiger partial charge >= 0.3 is 5.97 Å². The Morgan fingerprint density at radius 2 is 1.77 bits per heavy atom. The van der Waals surface area contributed by atoms with E-state index in [0.717, 1.165) is 31.0 Å². The topological polar surface area (TPSA) is 79.7 Å². The Bertz CT molecular complexity index is 1080. The fraction of sp³-hybridized carbons (Fsp3) is 0.292. The van der Waals surface area contributed by atoms with Crippen LogP contribution in [-0.4, -0.2) is 53.1 Å². The minimum absolute atomic E-state index is 0.166. The summed E-state index contributed by atoms with van der Waals surface area (Å²) in [5, 5.41) is 3.07. The fourth-order valence-corrected chi connectivity index (χ4v) is 3.18. The number of aromatic amines is 1. The summed E-state index contributed by atoms with van der Waals surface area (Å²) >= 11 is 0. The molecule has 31 heavy (non-hydrogen) atoms. The molecule has 0 atom stereocenters. The number of hydrogen-bond donors (Lipinski definition) is 1. The second-order valence-corrected chi connectivity index (χ2v) is 7.09. The largest absolute Gasteiger partial charge is 0.461 e. The van der Waals surface area contributed by atoms with E-state index in [9.17, 15) is 9.59 Å². The fourth-order valence-electron chi connectivity index (χ4n) is 3.18. The molecule has 3 aromatic rings. The van der Waals surface area contributed by atoms with E-state index in [1.54, 1.807) is 30.5 Å². The Morgan fingerprint density at radius 3 is 2.42 bits per heavy atom. The highest BCUT2D eigenvalue weighted by atomic mass is 16.5. The third kappa shape index (κ3) is 5.58. The molecule has 0 spiro atoms. The lowest BCUT2D eigenvalue weighted by atomic mass is 10.2. The van der Waals surface area contributed by atoms with Crippen LogP contribution in [-0.2, 0) is 4.74 Å². The van der Waals surface area contributed by atoms with Crippen molar-refractivity contribution in [2.75, 3.05) is 26.2 Å². The maximum Gasteiger partial charge on any atom is 0.338 e. The maximum absolute atomic E-state index is 12.7. The van der Waals surface area contributed by atoms with Crippen LogP contribution in [0.5, 0.6) is 0 Å². The minimum atomic E-state index is -0.352. The van der Waals surface area contributed by atoms with Crippen LogP contribution >= 0.6 is 0 Å². The van der Waals surface area contributed by atoms with E-state index in [4.69, 9.17) is 4.74 Å². The smallest absolute Gasteiger partial charge is 0.338 e. The Morgan fingerprint density at radius 1 is 1.10 bits per heavy atom. The van der Waals surface area contributed by atoms with Crippen molar-refractivity contribution >= 4 is 17.9 Å². The number of carbonyl (C=O) groups is 1. The highest BCUT2D eigenvalue weighted by Gasteiger charge is 2.11. The van der Waals surface area contributed by atoms with E-state index >= 15 is 0 Å². The van der Waals surface area contributed by atoms with Gasteiger partial charge in [-0.05, 0) is 56.4 Å². The summed E-state index contributed by atoms with van der Waals surface area (Å²) in [5.74, 6) is -0.352. The molecule has 0 aliphatic carbocycles. The van der Waals surface area contributed by atoms with Gasteiger partial charge in [-0.1, -0.05) is 32.0 Å². The van der Waals surface area contributed by atoms with Gasteiger partial charge in [-0.25, -0.2) is 9.48 Å². The van der Waals surface area contributed by atoms with E-state index < -0.39 is 0 Å². The van der Waals surface area contributed by atoms with Crippen LogP contribution in [0.3, 0.4) is 0 Å². The van der Waals surface area contributed by atoms with Gasteiger partial charge in [-0.15, -0.1) is 0 Å². The third-order valence-corrected chi connectivity index (χ3v) is 5.11. The van der Waals surface area contributed by atoms with Crippen LogP contribution in [0.15, 0.2) is 64.4 Å². The van der Waals surface area contributed by atoms with Crippen LogP contribution in [0, 0.1) is 6.92 Å². The molecule has 0 bridgehead atoms. The van der Waals surface area contributed by atoms with Crippen molar-refractivity contribution in [3.63, 3.8) is 0 Å². The Kier molecular flexibility index (Phi) is 7.56. The van der Waals surface area contributed by atoms with Gasteiger partial charge < -0.3 is 9.64 Å². The number of aromatic nitrogens is 2. The second-order valence-electron chi connectivity index (χ2n) is 7.09. The van der Waals surface area contributed by atoms with E-state index in [-0.39, 0.29) is 11.5 Å². The molecule has 0 amide bonds. The lowest BCUT2D eigenvalue weighted by Crippen LogP contribution is -2.27. The van der Waals surface area contributed by atoms with Crippen molar-refractivity contribution in [1.82, 2.24) is 14.7 Å². The number of rotatable bonds is 9. The number of aryl methyl sites for hydroxylation is 1. The van der Waals surface area contributed by atoms with Crippen molar-refractivity contribution in [3.05, 3.63) is 81.8 Å². The lowest BCUT2D eigenvalue weighted by molar-refractivity contribution is 0.0466. The number of benzene rings is 2. The third-order valence-electron chi connectivity index (χ3n) is 5.11. The summed E-state index contributed by atoms with van der Waals surface area (Å²) in [6.45, 7) is 8.93. The molecule has 0 radical (unpaired) electrons. The molecule has 1 heterocycles. The Balaban J connectivity index is 1.66. The van der Waals surface area contributed by atoms with Gasteiger partial charge in [-0.3, -0.25) is 14.9 Å². The standard InChI is InChI=1S/C24H28N4O3/c1-4-27(5-2)15-16-31-24(30)19-11-13-20(14-12-19)25-17-22-18(3)26-28(23(22)29)21-9-7-6-8-10-21/h6-14,17,26H,4-5,15-16H2,1-3H3. The zero-order chi connectivity index (χ0) is 22.2. The van der Waals surface area contributed by atoms with Crippen LogP contribution in [0.1, 0.15) is 35.5 Å². The first kappa shape index (κ1) is 22.2. The quantitative estimate of drug-likeness (QED) is 0.423. The normalized spacial score (nSPS) is 11.4. The number of esters is 1. The van der Waals surface area contributed by atoms with E-state index in [2.05, 4.69) is 28.8 Å². The van der Waals surface area contributed by atoms with Gasteiger partial charge in [0.05, 0.1) is 22.5 Å². The molecule has 2 aromatic carbocycles. The average Bonchev–Trinajstić information content (AvgIpc) is 3.09. The molecule has 0 saturated heterocycles. The number of likely N-dealkylation sites (N-methyl/N-ethyl adjacent to an activating group) is 1. The second kappa shape index (κ2) is 10.5. The molecule has 0 unspecified atom stereocenters. The van der Waals surface area contributed by atoms with Crippen LogP contribution in [0.2, 0.25) is 0 Å². The molecule has 0 aliphatic rings. The molecular formula is C24H28N4O3. The summed E-state index contributed by atoms with van der Waals surface area (Å²) < 4.78 is 6.83. The molecule has 7 nitrogen and oxygen atoms in total. The number of nitrogens with zero attached hydrogens (tertiary/aromatic N) is 3. The molecule has 162 valence electrons. The van der Waals surface area contributed by atoms with Gasteiger partial charge in [0.25, 0.3) is 5.56 Å². The van der Waals surface area contributed by atoms with E-state index in [1.807, 2.05) is 37.3 Å². The lowest BCUT2D eigenvalue weighted by Gasteiger charge is -2.17. The number of carbonyl (C=O) groups excluding carboxylic acids is 1. The summed E-state index contributed by atoms with van der Waals surface area (Å²) in [5.41, 5.74) is 2.93. The zero-order valence-corrected chi connectivity index (χ0v) is 18.2. The van der Waals surface area contributed by atoms with Gasteiger partial charge in [0.15, 0.2) is 0 Å². The van der Waals surface area contributed by atoms with Crippen LogP contribution in [0.25, 0.3) is 5.69 Å². The van der Waals surface area contributed by atoms with Crippen molar-refractivity contribution in [3.8, 4) is 5.69 Å². The molecule has 3 rings (SSSR count). The average molecular weight is 421 g/mol. The molecule has 0 saturated carbocycles. The van der Waals surface area contributed by atoms with E-state index in [1.165, 1.54) is 4.68 Å². The molecular weight excluding hydrogens is 392 g/mol. The minimum Gasteiger partial charge on any atom is -0.461 e. The molecule has 7 heteroatoms. The van der Waals surface area contributed by atoms with Gasteiger partial charge in [-0.2, -0.15) is 0 Å². The highest BCUT2D eigenvalue weighted by molar-refractivity contribution is 5.90. The molecule has 1 N–H and O–H groups in total. The predicted octanol–water partition coefficient (Wildman–Crippen LogP) is 3.72. The molecule has 0 aliphatic heterocycles. The Hall–Kier alpha value is -3.45. The summed E-state index contributed by atoms with van der Waals surface area (Å²) in [6.07, 6.45) is 1.55. The van der Waals surface area contributed by atoms with Crippen LogP contribution in [0.4, 0.5) is 5.69 Å². The summed E-state index contributed by atoms with van der Waals surface area (Å²) in [4.78, 5) is 31.5. The summed E-state index contributed by atoms with van der Waals surface area (Å²) in [6, 6.07) is 16.2. The number of ether oxygens (including phenoxy) is 1. The SMILES string of the molecule is CCN(CC)CCOC(=O)c1ccc(N=Cc2c(C)[nH]n(-c3ccccc3)c2=O)cc1. The van der Waals surface area contributed by atoms with Crippen molar-refractivity contribution < 1.29 is 9.53 Å². The number of hydrogen-bond acceptors (Lipinski definition) is 5. The van der Waals surface area contributed by atoms with Gasteiger partial charge in [0.1, 0.15) is 6.61 Å². The number of nitrogens with one attached hydrogen (secondary N) is 1. The van der Waals surface area contributed by atoms with Crippen molar-refractivity contribution in [2.24, 2.45) is 4.99 Å². The number of aliphatic imine (C=N–C) groups is 1. The van der Waals surface area contributed by atoms with Crippen molar-refractivity contribution in [2.45, 2.75) is 20.8 Å². The number of para-hydroxylation sites is 1. The van der Waals surface area contributed by atoms with Crippen LogP contribution < -0.4 is 5.56 Å². The molecule has 1 aromatic heterocycles. The monoisotopic (exact) mass is 420 g/mol. The molecule has 0 fully saturated rings. The van der Waals surface area contributed by atoms with Crippen molar-refractivity contribution in [1.29, 1.82) is 0 Å². The van der Waals surface area contributed by atoms with Gasteiger partial charge in [0, 0.05) is 18.5 Å². The predicted molar refractivity (Wildman–Crippen MR) is 123 cm³/mol. The first-order valence-electron chi connectivity index (χ1n) is 10.4. The first-order chi connectivity index (χ1) is 15.0. The highest BCUT2D eigenvalue weighted by Crippen LogP contribution is 2.14. The van der Waals surface area contributed by atoms with Gasteiger partial charge in [0.2, 0.25) is 0 Å². The maximum atomic E-state index is 12.7. The number of H-pyrrole nitrogens is 1. The van der Waals surface area contributed by atoms with E-state index in [0.29, 0.717) is 23.4 Å². The Labute approximate surface area is 182 Å². The summed E-state index contributed by atoms with van der Waals surface area (Å²) in [7, 11) is 0. The zero-order valence-electron chi connectivity index (χ0n) is 18.2.